The molecule has 0 heterocycles. The number of rotatable bonds is 6. The van der Waals surface area contributed by atoms with Crippen LogP contribution in [0.2, 0.25) is 0 Å². The minimum atomic E-state index is -0.460. The Morgan fingerprint density at radius 1 is 1.15 bits per heavy atom. The van der Waals surface area contributed by atoms with Gasteiger partial charge in [0.2, 0.25) is 0 Å². The lowest BCUT2D eigenvalue weighted by Gasteiger charge is -2.07. The molecule has 0 radical (unpaired) electrons. The molecule has 0 aliphatic rings. The van der Waals surface area contributed by atoms with Crippen LogP contribution in [-0.2, 0) is 10.9 Å². The molecular weight excluding hydrogens is 267 g/mol. The van der Waals surface area contributed by atoms with E-state index in [4.69, 9.17) is 0 Å². The molecule has 1 atom stereocenters. The zero-order valence-electron chi connectivity index (χ0n) is 12.0. The van der Waals surface area contributed by atoms with E-state index in [2.05, 4.69) is 38.3 Å². The predicted molar refractivity (Wildman–Crippen MR) is 89.2 cm³/mol. The summed E-state index contributed by atoms with van der Waals surface area (Å²) >= 11 is 0. The highest BCUT2D eigenvalue weighted by molar-refractivity contribution is 8.04. The molecule has 0 spiro atoms. The zero-order valence-corrected chi connectivity index (χ0v) is 12.8. The Labute approximate surface area is 124 Å². The highest BCUT2D eigenvalue weighted by Crippen LogP contribution is 2.29. The van der Waals surface area contributed by atoms with E-state index in [1.807, 2.05) is 37.3 Å². The van der Waals surface area contributed by atoms with Crippen LogP contribution in [0.4, 0.5) is 4.39 Å². The number of hydrogen-bond acceptors (Lipinski definition) is 0. The Morgan fingerprint density at radius 3 is 2.35 bits per heavy atom. The third kappa shape index (κ3) is 5.06. The molecule has 0 saturated carbocycles. The Bertz CT molecular complexity index is 550. The highest BCUT2D eigenvalue weighted by Gasteiger charge is 2.27. The molecular formula is C18H20FS+. The first-order chi connectivity index (χ1) is 9.56. The molecule has 1 unspecified atom stereocenters. The lowest BCUT2D eigenvalue weighted by Crippen LogP contribution is -2.05. The fourth-order valence-electron chi connectivity index (χ4n) is 1.65. The van der Waals surface area contributed by atoms with Gasteiger partial charge in [0, 0.05) is 6.92 Å². The molecule has 104 valence electrons. The van der Waals surface area contributed by atoms with Gasteiger partial charge in [-0.25, -0.2) is 4.39 Å². The van der Waals surface area contributed by atoms with E-state index in [0.29, 0.717) is 0 Å². The van der Waals surface area contributed by atoms with Gasteiger partial charge in [0.05, 0.1) is 10.9 Å². The number of benzene rings is 1. The van der Waals surface area contributed by atoms with Crippen molar-refractivity contribution in [2.45, 2.75) is 18.7 Å². The fourth-order valence-corrected chi connectivity index (χ4v) is 3.59. The van der Waals surface area contributed by atoms with Crippen LogP contribution in [0.25, 0.3) is 0 Å². The van der Waals surface area contributed by atoms with Crippen molar-refractivity contribution in [2.75, 3.05) is 0 Å². The molecule has 0 saturated heterocycles. The van der Waals surface area contributed by atoms with Crippen LogP contribution in [-0.4, -0.2) is 0 Å². The minimum Gasteiger partial charge on any atom is -0.208 e. The maximum atomic E-state index is 12.8. The zero-order chi connectivity index (χ0) is 15.0. The van der Waals surface area contributed by atoms with Gasteiger partial charge in [-0.05, 0) is 43.9 Å². The maximum Gasteiger partial charge on any atom is 0.166 e. The van der Waals surface area contributed by atoms with Crippen LogP contribution < -0.4 is 0 Å². The van der Waals surface area contributed by atoms with E-state index in [1.54, 1.807) is 6.08 Å². The molecule has 2 heteroatoms. The van der Waals surface area contributed by atoms with E-state index < -0.39 is 5.83 Å². The van der Waals surface area contributed by atoms with Crippen molar-refractivity contribution in [3.63, 3.8) is 0 Å². The smallest absolute Gasteiger partial charge is 0.166 e. The SMILES string of the molecule is C=C(F)/C=C\C(=C)[S+](/C(C)=C/C=C\C)c1ccccc1. The first-order valence-corrected chi connectivity index (χ1v) is 7.59. The Hall–Kier alpha value is -1.80. The standard InChI is InChI=1S/C18H20FS/c1-5-6-10-16(3)20(17(4)14-13-15(2)19)18-11-8-7-9-12-18/h5-14H,2,4H2,1,3H3/q+1/b6-5-,14-13-,16-10+. The Balaban J connectivity index is 3.14. The summed E-state index contributed by atoms with van der Waals surface area (Å²) in [5.74, 6) is -0.460. The molecule has 0 bridgehead atoms. The van der Waals surface area contributed by atoms with Crippen molar-refractivity contribution in [1.29, 1.82) is 0 Å². The average molecular weight is 287 g/mol. The van der Waals surface area contributed by atoms with E-state index in [1.165, 1.54) is 15.9 Å². The van der Waals surface area contributed by atoms with Crippen LogP contribution >= 0.6 is 0 Å². The van der Waals surface area contributed by atoms with Gasteiger partial charge >= 0.3 is 0 Å². The minimum absolute atomic E-state index is 0.274. The molecule has 0 fully saturated rings. The second-order valence-electron chi connectivity index (χ2n) is 4.17. The Morgan fingerprint density at radius 2 is 1.80 bits per heavy atom. The van der Waals surface area contributed by atoms with E-state index in [9.17, 15) is 4.39 Å². The molecule has 0 aliphatic heterocycles. The van der Waals surface area contributed by atoms with E-state index in [-0.39, 0.29) is 10.9 Å². The van der Waals surface area contributed by atoms with Crippen LogP contribution in [0.15, 0.2) is 94.4 Å². The molecule has 0 amide bonds. The number of hydrogen-bond donors (Lipinski definition) is 0. The lowest BCUT2D eigenvalue weighted by atomic mass is 10.4. The van der Waals surface area contributed by atoms with Gasteiger partial charge in [-0.3, -0.25) is 0 Å². The van der Waals surface area contributed by atoms with E-state index >= 15 is 0 Å². The molecule has 1 rings (SSSR count). The van der Waals surface area contributed by atoms with Crippen molar-refractivity contribution in [3.05, 3.63) is 89.5 Å². The van der Waals surface area contributed by atoms with Crippen molar-refractivity contribution in [3.8, 4) is 0 Å². The first-order valence-electron chi connectivity index (χ1n) is 6.36. The second kappa shape index (κ2) is 8.39. The largest absolute Gasteiger partial charge is 0.208 e. The summed E-state index contributed by atoms with van der Waals surface area (Å²) in [6, 6.07) is 10.1. The van der Waals surface area contributed by atoms with Crippen LogP contribution in [0.5, 0.6) is 0 Å². The van der Waals surface area contributed by atoms with Gasteiger partial charge in [-0.1, -0.05) is 36.9 Å². The van der Waals surface area contributed by atoms with Gasteiger partial charge in [0.1, 0.15) is 10.7 Å². The normalized spacial score (nSPS) is 13.8. The molecule has 1 aromatic rings. The first kappa shape index (κ1) is 16.3. The summed E-state index contributed by atoms with van der Waals surface area (Å²) in [5.41, 5.74) is 0. The van der Waals surface area contributed by atoms with Crippen LogP contribution in [0, 0.1) is 0 Å². The van der Waals surface area contributed by atoms with Gasteiger partial charge in [0.25, 0.3) is 0 Å². The van der Waals surface area contributed by atoms with Crippen molar-refractivity contribution in [1.82, 2.24) is 0 Å². The highest BCUT2D eigenvalue weighted by atomic mass is 32.2. The van der Waals surface area contributed by atoms with Gasteiger partial charge in [0.15, 0.2) is 9.80 Å². The predicted octanol–water partition coefficient (Wildman–Crippen LogP) is 5.70. The molecule has 0 aliphatic carbocycles. The average Bonchev–Trinajstić information content (AvgIpc) is 2.44. The van der Waals surface area contributed by atoms with Crippen molar-refractivity contribution in [2.24, 2.45) is 0 Å². The molecule has 0 nitrogen and oxygen atoms in total. The molecule has 0 N–H and O–H groups in total. The van der Waals surface area contributed by atoms with Crippen LogP contribution in [0.3, 0.4) is 0 Å². The number of allylic oxidation sites excluding steroid dienone is 7. The molecule has 1 aromatic carbocycles. The summed E-state index contributed by atoms with van der Waals surface area (Å²) < 4.78 is 12.8. The third-order valence-corrected chi connectivity index (χ3v) is 4.72. The summed E-state index contributed by atoms with van der Waals surface area (Å²) in [6.07, 6.45) is 9.11. The summed E-state index contributed by atoms with van der Waals surface area (Å²) in [4.78, 5) is 3.23. The number of halogens is 1. The monoisotopic (exact) mass is 287 g/mol. The molecule has 0 aromatic heterocycles. The molecule has 20 heavy (non-hydrogen) atoms. The second-order valence-corrected chi connectivity index (χ2v) is 6.42. The lowest BCUT2D eigenvalue weighted by molar-refractivity contribution is 0.671. The maximum absolute atomic E-state index is 12.8. The third-order valence-electron chi connectivity index (χ3n) is 2.54. The van der Waals surface area contributed by atoms with Crippen molar-refractivity contribution < 1.29 is 4.39 Å². The van der Waals surface area contributed by atoms with Gasteiger partial charge in [-0.2, -0.15) is 0 Å². The van der Waals surface area contributed by atoms with Gasteiger partial charge in [-0.15, -0.1) is 0 Å². The Kier molecular flexibility index (Phi) is 6.82. The summed E-state index contributed by atoms with van der Waals surface area (Å²) in [5, 5.41) is 0. The van der Waals surface area contributed by atoms with E-state index in [0.717, 1.165) is 4.91 Å². The fraction of sp³-hybridized carbons (Fsp3) is 0.111. The quantitative estimate of drug-likeness (QED) is 0.465. The topological polar surface area (TPSA) is 0 Å². The summed E-state index contributed by atoms with van der Waals surface area (Å²) in [7, 11) is -0.274. The van der Waals surface area contributed by atoms with Gasteiger partial charge < -0.3 is 0 Å². The van der Waals surface area contributed by atoms with Crippen LogP contribution in [0.1, 0.15) is 13.8 Å². The summed E-state index contributed by atoms with van der Waals surface area (Å²) in [6.45, 7) is 11.4. The van der Waals surface area contributed by atoms with Crippen molar-refractivity contribution >= 4 is 10.9 Å².